The fourth-order valence-corrected chi connectivity index (χ4v) is 14.7. The molecule has 4 aromatic carbocycles. The van der Waals surface area contributed by atoms with E-state index in [4.69, 9.17) is 28.6 Å². The molecular weight excluding hydrogens is 1540 g/mol. The molecule has 109 heavy (non-hydrogen) atoms. The van der Waals surface area contributed by atoms with Crippen molar-refractivity contribution in [2.24, 2.45) is 63.4 Å². The van der Waals surface area contributed by atoms with Gasteiger partial charge in [-0.1, -0.05) is 20.6 Å². The maximum Gasteiger partial charge on any atom is 0.446 e. The number of rotatable bonds is 8. The third-order valence-electron chi connectivity index (χ3n) is 19.1. The van der Waals surface area contributed by atoms with E-state index >= 15 is 0 Å². The van der Waals surface area contributed by atoms with Gasteiger partial charge in [-0.2, -0.15) is 28.5 Å². The van der Waals surface area contributed by atoms with E-state index in [1.54, 1.807) is 74.4 Å². The Morgan fingerprint density at radius 2 is 0.725 bits per heavy atom. The number of carbonyl (C=O) groups excluding carboxylic acids is 1. The van der Waals surface area contributed by atoms with Crippen LogP contribution in [0.4, 0.5) is 41.6 Å². The van der Waals surface area contributed by atoms with E-state index in [1.165, 1.54) is 0 Å². The number of benzene rings is 4. The van der Waals surface area contributed by atoms with Crippen LogP contribution in [0.5, 0.6) is 0 Å². The Balaban J connectivity index is 0.000000147. The highest BCUT2D eigenvalue weighted by Gasteiger charge is 2.26. The molecule has 0 aliphatic heterocycles. The first-order valence-corrected chi connectivity index (χ1v) is 35.4. The van der Waals surface area contributed by atoms with E-state index in [2.05, 4.69) is 88.4 Å². The van der Waals surface area contributed by atoms with Crippen LogP contribution in [0, 0.1) is 96.9 Å². The monoisotopic (exact) mass is 1630 g/mol. The summed E-state index contributed by atoms with van der Waals surface area (Å²) < 4.78 is 69.3. The van der Waals surface area contributed by atoms with Crippen molar-refractivity contribution in [2.75, 3.05) is 16.4 Å². The number of carbonyl (C=O) groups is 1. The van der Waals surface area contributed by atoms with Crippen molar-refractivity contribution in [1.82, 2.24) is 87.3 Å². The number of aromatic nitrogens is 18. The third-order valence-corrected chi connectivity index (χ3v) is 20.3. The number of aromatic amines is 2. The molecule has 0 amide bonds. The van der Waals surface area contributed by atoms with Crippen LogP contribution in [-0.2, 0) is 68.2 Å². The van der Waals surface area contributed by atoms with E-state index < -0.39 is 12.5 Å². The van der Waals surface area contributed by atoms with Gasteiger partial charge < -0.3 is 44.4 Å². The summed E-state index contributed by atoms with van der Waals surface area (Å²) in [4.78, 5) is 63.0. The standard InChI is InChI=1S/C20H24N6O2.C19H22N6O2.C14H14BrN3O2.C13H12BrN3O2.C6H11N3.C2HF3O/c1-10-17(13(4)28-23-10)14-8-15(21-18-11(2)22-26(7)12(18)3)19-16(9-14)24(5)20(27)25(19)6;1-9-16(12(4)27-23-9)13-7-14(18-15(8-13)21-19(26)24(18)5)20-17-10(2)22-25(6)11(17)3;1-7-12(8(2)20-16-7)9-5-10(15)13-11(6-9)17(3)14(19)18(13)4;1-6-11(7(2)19-16-6)8-4-9(14)12-10(5-8)15-13(18)17(12)3;1-4-6(7)5(2)9(3)8-4;3-2(4,5)1-6/h8-9,21H,1-7H3;7-8,20H,1-6H3,(H,21,26);5-6H,1-4H3;4-5H,1-3H3,(H,15,18);7H2,1-3H3;1H. The van der Waals surface area contributed by atoms with Crippen molar-refractivity contribution in [1.29, 1.82) is 0 Å². The van der Waals surface area contributed by atoms with Gasteiger partial charge in [0.05, 0.1) is 130 Å². The smallest absolute Gasteiger partial charge is 0.396 e. The molecule has 15 rings (SSSR count). The largest absolute Gasteiger partial charge is 0.446 e. The molecule has 35 heteroatoms. The van der Waals surface area contributed by atoms with Crippen molar-refractivity contribution in [3.63, 3.8) is 0 Å². The molecule has 0 aliphatic carbocycles. The van der Waals surface area contributed by atoms with Gasteiger partial charge in [0.15, 0.2) is 0 Å². The second-order valence-electron chi connectivity index (χ2n) is 26.5. The van der Waals surface area contributed by atoms with E-state index in [1.807, 2.05) is 176 Å². The Morgan fingerprint density at radius 3 is 1.06 bits per heavy atom. The normalized spacial score (nSPS) is 11.3. The Labute approximate surface area is 637 Å². The number of hydrogen-bond acceptors (Lipinski definition) is 19. The highest BCUT2D eigenvalue weighted by atomic mass is 79.9. The number of H-pyrrole nitrogens is 2. The van der Waals surface area contributed by atoms with E-state index in [0.717, 1.165) is 206 Å². The number of nitrogen functional groups attached to an aromatic ring is 1. The molecule has 0 atom stereocenters. The number of anilines is 5. The Hall–Kier alpha value is -11.8. The fourth-order valence-electron chi connectivity index (χ4n) is 13.3. The highest BCUT2D eigenvalue weighted by Crippen LogP contribution is 2.40. The third kappa shape index (κ3) is 15.4. The van der Waals surface area contributed by atoms with Crippen molar-refractivity contribution in [3.8, 4) is 44.5 Å². The number of nitrogens with two attached hydrogens (primary N) is 1. The van der Waals surface area contributed by atoms with Crippen LogP contribution in [0.15, 0.2) is 94.7 Å². The highest BCUT2D eigenvalue weighted by molar-refractivity contribution is 9.11. The number of aldehydes is 1. The lowest BCUT2D eigenvalue weighted by atomic mass is 10.0. The van der Waals surface area contributed by atoms with Gasteiger partial charge in [-0.3, -0.25) is 46.2 Å². The van der Waals surface area contributed by atoms with Crippen LogP contribution >= 0.6 is 31.9 Å². The zero-order valence-electron chi connectivity index (χ0n) is 64.5. The summed E-state index contributed by atoms with van der Waals surface area (Å²) in [6.45, 7) is 27.0. The summed E-state index contributed by atoms with van der Waals surface area (Å²) in [5.74, 6) is 3.03. The molecule has 11 aromatic heterocycles. The first-order chi connectivity index (χ1) is 51.1. The first kappa shape index (κ1) is 79.8. The van der Waals surface area contributed by atoms with Gasteiger partial charge in [0.2, 0.25) is 6.29 Å². The number of imidazole rings is 4. The van der Waals surface area contributed by atoms with Crippen molar-refractivity contribution in [2.45, 2.75) is 103 Å². The van der Waals surface area contributed by atoms with Crippen molar-refractivity contribution >= 4 is 111 Å². The predicted molar refractivity (Wildman–Crippen MR) is 420 cm³/mol. The van der Waals surface area contributed by atoms with Gasteiger partial charge in [0, 0.05) is 94.6 Å². The molecule has 0 aliphatic rings. The minimum atomic E-state index is -4.64. The Bertz CT molecular complexity index is 6200. The summed E-state index contributed by atoms with van der Waals surface area (Å²) in [5, 5.41) is 36.1. The first-order valence-electron chi connectivity index (χ1n) is 33.8. The Morgan fingerprint density at radius 1 is 0.413 bits per heavy atom. The maximum atomic E-state index is 12.6. The predicted octanol–water partition coefficient (Wildman–Crippen LogP) is 13.7. The Kier molecular flexibility index (Phi) is 22.6. The molecule has 574 valence electrons. The molecule has 15 aromatic rings. The molecule has 6 N–H and O–H groups in total. The van der Waals surface area contributed by atoms with Gasteiger partial charge in [-0.25, -0.2) is 19.2 Å². The molecule has 0 radical (unpaired) electrons. The zero-order chi connectivity index (χ0) is 80.3. The van der Waals surface area contributed by atoms with Gasteiger partial charge in [-0.15, -0.1) is 0 Å². The molecule has 30 nitrogen and oxygen atoms in total. The molecular formula is C74H84Br2F3N21O9. The average Bonchev–Trinajstić information content (AvgIpc) is 1.62. The number of halogens is 5. The molecule has 0 bridgehead atoms. The van der Waals surface area contributed by atoms with Crippen molar-refractivity contribution in [3.05, 3.63) is 179 Å². The molecule has 0 spiro atoms. The molecule has 0 saturated carbocycles. The number of alkyl halides is 3. The van der Waals surface area contributed by atoms with E-state index in [0.29, 0.717) is 0 Å². The summed E-state index contributed by atoms with van der Waals surface area (Å²) >= 11 is 7.07. The molecule has 0 saturated heterocycles. The summed E-state index contributed by atoms with van der Waals surface area (Å²) in [7, 11) is 16.3. The number of hydrogen-bond donors (Lipinski definition) is 5. The second-order valence-corrected chi connectivity index (χ2v) is 28.2. The molecule has 0 fully saturated rings. The van der Waals surface area contributed by atoms with E-state index in [-0.39, 0.29) is 22.8 Å². The summed E-state index contributed by atoms with van der Waals surface area (Å²) in [6.07, 6.45) is -5.70. The summed E-state index contributed by atoms with van der Waals surface area (Å²) in [6, 6.07) is 15.9. The molecule has 11 heterocycles. The van der Waals surface area contributed by atoms with Gasteiger partial charge in [0.1, 0.15) is 23.0 Å². The minimum Gasteiger partial charge on any atom is -0.396 e. The van der Waals surface area contributed by atoms with Crippen molar-refractivity contribution < 1.29 is 36.1 Å². The number of nitrogens with one attached hydrogen (secondary N) is 4. The average molecular weight is 1630 g/mol. The summed E-state index contributed by atoms with van der Waals surface area (Å²) in [5.41, 5.74) is 32.9. The topological polar surface area (TPSA) is 354 Å². The lowest BCUT2D eigenvalue weighted by molar-refractivity contribution is -0.156. The van der Waals surface area contributed by atoms with Crippen LogP contribution in [-0.4, -0.2) is 99.8 Å². The van der Waals surface area contributed by atoms with Crippen LogP contribution in [0.2, 0.25) is 0 Å². The number of fused-ring (bicyclic) bond motifs is 4. The number of aryl methyl sites for hydroxylation is 20. The minimum absolute atomic E-state index is 0.0448. The fraction of sp³-hybridized carbons (Fsp3) is 0.324. The van der Waals surface area contributed by atoms with Crippen LogP contribution in [0.25, 0.3) is 88.6 Å². The van der Waals surface area contributed by atoms with E-state index in [9.17, 15) is 32.3 Å². The van der Waals surface area contributed by atoms with Crippen LogP contribution < -0.4 is 39.1 Å². The van der Waals surface area contributed by atoms with Gasteiger partial charge >= 0.3 is 28.9 Å². The van der Waals surface area contributed by atoms with Gasteiger partial charge in [-0.05, 0) is 200 Å². The number of nitrogens with zero attached hydrogens (tertiary/aromatic N) is 16. The van der Waals surface area contributed by atoms with Crippen LogP contribution in [0.3, 0.4) is 0 Å². The molecule has 0 unspecified atom stereocenters. The van der Waals surface area contributed by atoms with Gasteiger partial charge in [0.25, 0.3) is 0 Å². The van der Waals surface area contributed by atoms with Crippen LogP contribution in [0.1, 0.15) is 80.0 Å². The lowest BCUT2D eigenvalue weighted by Crippen LogP contribution is -2.19. The lowest BCUT2D eigenvalue weighted by Gasteiger charge is -2.12. The zero-order valence-corrected chi connectivity index (χ0v) is 67.7. The second kappa shape index (κ2) is 30.8. The quantitative estimate of drug-likeness (QED) is 0.0882. The maximum absolute atomic E-state index is 12.6. The SMILES string of the molecule is Cc1nn(C)c(C)c1N.Cc1nn(C)c(C)c1Nc1cc(-c2c(C)noc2C)cc2[nH]c(=O)n(C)c12.Cc1nn(C)c(C)c1Nc1cc(-c2c(C)noc2C)cc2c1n(C)c(=O)n2C.Cc1noc(C)c1-c1cc(Br)c2c(c1)[nH]c(=O)n2C.Cc1noc(C)c1-c1cc(Br)c2c(c1)n(C)c(=O)n2C.O=CC(F)(F)F.